The molecule has 0 spiro atoms. The highest BCUT2D eigenvalue weighted by molar-refractivity contribution is 5.95. The number of methoxy groups -OCH3 is 2. The van der Waals surface area contributed by atoms with Gasteiger partial charge in [0.1, 0.15) is 0 Å². The van der Waals surface area contributed by atoms with Crippen LogP contribution in [0.4, 0.5) is 0 Å². The van der Waals surface area contributed by atoms with Crippen molar-refractivity contribution in [2.45, 2.75) is 24.9 Å². The largest absolute Gasteiger partial charge is 0.493 e. The Morgan fingerprint density at radius 3 is 2.21 bits per heavy atom. The van der Waals surface area contributed by atoms with Crippen LogP contribution in [0.5, 0.6) is 11.5 Å². The molecule has 3 N–H and O–H groups in total. The Labute approximate surface area is 248 Å². The molecule has 0 aliphatic carbocycles. The molecule has 6 nitrogen and oxygen atoms in total. The molecule has 0 aromatic heterocycles. The van der Waals surface area contributed by atoms with Gasteiger partial charge in [-0.25, -0.2) is 0 Å². The van der Waals surface area contributed by atoms with E-state index in [1.807, 2.05) is 7.05 Å². The van der Waals surface area contributed by atoms with E-state index in [9.17, 15) is 4.79 Å². The number of benzene rings is 5. The van der Waals surface area contributed by atoms with Crippen LogP contribution in [0.2, 0.25) is 0 Å². The molecule has 0 aliphatic heterocycles. The predicted octanol–water partition coefficient (Wildman–Crippen LogP) is 5.77. The molecule has 42 heavy (non-hydrogen) atoms. The smallest absolute Gasteiger partial charge is 0.251 e. The molecule has 0 fully saturated rings. The SMILES string of the molecule is CNC[C@H](Cc1ccc2ccccc2c1)NC[C@@H](Cc1cccc2ccccc12)NC(=O)c1ccc(OC)c(OC)c1. The van der Waals surface area contributed by atoms with Gasteiger partial charge in [-0.05, 0) is 70.8 Å². The van der Waals surface area contributed by atoms with Crippen LogP contribution in [0.25, 0.3) is 21.5 Å². The van der Waals surface area contributed by atoms with E-state index < -0.39 is 0 Å². The van der Waals surface area contributed by atoms with Crippen LogP contribution in [0.3, 0.4) is 0 Å². The average molecular weight is 562 g/mol. The first-order valence-corrected chi connectivity index (χ1v) is 14.4. The fourth-order valence-corrected chi connectivity index (χ4v) is 5.58. The predicted molar refractivity (Wildman–Crippen MR) is 172 cm³/mol. The molecule has 5 aromatic rings. The number of hydrogen-bond acceptors (Lipinski definition) is 5. The number of carbonyl (C=O) groups is 1. The van der Waals surface area contributed by atoms with Gasteiger partial charge in [0.15, 0.2) is 11.5 Å². The van der Waals surface area contributed by atoms with Crippen LogP contribution < -0.4 is 25.4 Å². The Balaban J connectivity index is 1.36. The van der Waals surface area contributed by atoms with Crippen molar-refractivity contribution in [1.82, 2.24) is 16.0 Å². The first-order valence-electron chi connectivity index (χ1n) is 14.4. The summed E-state index contributed by atoms with van der Waals surface area (Å²) in [6.45, 7) is 1.42. The van der Waals surface area contributed by atoms with Crippen molar-refractivity contribution in [1.29, 1.82) is 0 Å². The number of hydrogen-bond donors (Lipinski definition) is 3. The Morgan fingerprint density at radius 1 is 0.690 bits per heavy atom. The van der Waals surface area contributed by atoms with Crippen molar-refractivity contribution in [3.8, 4) is 11.5 Å². The summed E-state index contributed by atoms with van der Waals surface area (Å²) in [5.74, 6) is 0.965. The van der Waals surface area contributed by atoms with Crippen molar-refractivity contribution in [2.24, 2.45) is 0 Å². The van der Waals surface area contributed by atoms with Crippen LogP contribution in [0.1, 0.15) is 21.5 Å². The molecule has 5 rings (SSSR count). The number of rotatable bonds is 13. The maximum atomic E-state index is 13.5. The molecule has 216 valence electrons. The maximum Gasteiger partial charge on any atom is 0.251 e. The highest BCUT2D eigenvalue weighted by Gasteiger charge is 2.19. The zero-order chi connectivity index (χ0) is 29.3. The summed E-state index contributed by atoms with van der Waals surface area (Å²) >= 11 is 0. The maximum absolute atomic E-state index is 13.5. The fourth-order valence-electron chi connectivity index (χ4n) is 5.58. The molecule has 0 heterocycles. The topological polar surface area (TPSA) is 71.6 Å². The van der Waals surface area contributed by atoms with Gasteiger partial charge in [0.25, 0.3) is 5.91 Å². The first-order chi connectivity index (χ1) is 20.6. The van der Waals surface area contributed by atoms with E-state index in [-0.39, 0.29) is 18.0 Å². The van der Waals surface area contributed by atoms with Gasteiger partial charge >= 0.3 is 0 Å². The Kier molecular flexibility index (Phi) is 9.70. The third-order valence-electron chi connectivity index (χ3n) is 7.73. The number of fused-ring (bicyclic) bond motifs is 2. The van der Waals surface area contributed by atoms with Crippen molar-refractivity contribution in [3.05, 3.63) is 120 Å². The zero-order valence-electron chi connectivity index (χ0n) is 24.5. The van der Waals surface area contributed by atoms with Gasteiger partial charge in [0, 0.05) is 30.7 Å². The van der Waals surface area contributed by atoms with E-state index in [4.69, 9.17) is 9.47 Å². The summed E-state index contributed by atoms with van der Waals surface area (Å²) in [5, 5.41) is 15.3. The quantitative estimate of drug-likeness (QED) is 0.170. The van der Waals surface area contributed by atoms with E-state index in [2.05, 4.69) is 101 Å². The lowest BCUT2D eigenvalue weighted by atomic mass is 9.97. The molecule has 0 saturated heterocycles. The summed E-state index contributed by atoms with van der Waals surface area (Å²) < 4.78 is 10.8. The number of carbonyl (C=O) groups excluding carboxylic acids is 1. The van der Waals surface area contributed by atoms with Crippen molar-refractivity contribution < 1.29 is 14.3 Å². The van der Waals surface area contributed by atoms with Crippen molar-refractivity contribution >= 4 is 27.5 Å². The third kappa shape index (κ3) is 7.08. The molecular weight excluding hydrogens is 522 g/mol. The van der Waals surface area contributed by atoms with Gasteiger partial charge in [-0.15, -0.1) is 0 Å². The summed E-state index contributed by atoms with van der Waals surface area (Å²) in [7, 11) is 5.13. The number of amides is 1. The second-order valence-corrected chi connectivity index (χ2v) is 10.6. The monoisotopic (exact) mass is 561 g/mol. The van der Waals surface area contributed by atoms with Crippen LogP contribution in [-0.4, -0.2) is 52.3 Å². The third-order valence-corrected chi connectivity index (χ3v) is 7.73. The van der Waals surface area contributed by atoms with Gasteiger partial charge in [-0.3, -0.25) is 4.79 Å². The van der Waals surface area contributed by atoms with E-state index in [0.717, 1.165) is 13.0 Å². The van der Waals surface area contributed by atoms with Gasteiger partial charge in [0.2, 0.25) is 0 Å². The molecule has 1 amide bonds. The minimum Gasteiger partial charge on any atom is -0.493 e. The fraction of sp³-hybridized carbons (Fsp3) is 0.250. The summed E-state index contributed by atoms with van der Waals surface area (Å²) in [5.41, 5.74) is 3.01. The standard InChI is InChI=1S/C36H39N3O3/c1-37-23-31(20-25-15-16-26-9-4-5-11-28(26)19-25)38-24-32(21-29-13-8-12-27-10-6-7-14-33(27)29)39-36(40)30-17-18-34(41-2)35(22-30)42-3/h4-19,22,31-32,37-38H,20-21,23-24H2,1-3H3,(H,39,40)/t31-,32+/m0/s1. The summed E-state index contributed by atoms with van der Waals surface area (Å²) in [6, 6.07) is 35.2. The lowest BCUT2D eigenvalue weighted by Gasteiger charge is -2.25. The highest BCUT2D eigenvalue weighted by atomic mass is 16.5. The van der Waals surface area contributed by atoms with Crippen LogP contribution in [0, 0.1) is 0 Å². The lowest BCUT2D eigenvalue weighted by molar-refractivity contribution is 0.0935. The zero-order valence-corrected chi connectivity index (χ0v) is 24.5. The summed E-state index contributed by atoms with van der Waals surface area (Å²) in [4.78, 5) is 13.5. The number of likely N-dealkylation sites (N-methyl/N-ethyl adjacent to an activating group) is 1. The van der Waals surface area contributed by atoms with E-state index in [1.54, 1.807) is 32.4 Å². The first kappa shape index (κ1) is 29.1. The molecule has 0 radical (unpaired) electrons. The van der Waals surface area contributed by atoms with Crippen molar-refractivity contribution in [2.75, 3.05) is 34.4 Å². The Morgan fingerprint density at radius 2 is 1.43 bits per heavy atom. The van der Waals surface area contributed by atoms with Gasteiger partial charge in [-0.2, -0.15) is 0 Å². The molecule has 6 heteroatoms. The van der Waals surface area contributed by atoms with Crippen LogP contribution in [0.15, 0.2) is 103 Å². The second kappa shape index (κ2) is 14.0. The molecule has 2 atom stereocenters. The second-order valence-electron chi connectivity index (χ2n) is 10.6. The van der Waals surface area contributed by atoms with Gasteiger partial charge in [-0.1, -0.05) is 84.9 Å². The Hall–Kier alpha value is -4.39. The lowest BCUT2D eigenvalue weighted by Crippen LogP contribution is -2.48. The molecule has 0 bridgehead atoms. The van der Waals surface area contributed by atoms with Gasteiger partial charge < -0.3 is 25.4 Å². The van der Waals surface area contributed by atoms with E-state index in [1.165, 1.54) is 32.7 Å². The van der Waals surface area contributed by atoms with Crippen molar-refractivity contribution in [3.63, 3.8) is 0 Å². The van der Waals surface area contributed by atoms with E-state index >= 15 is 0 Å². The number of ether oxygens (including phenoxy) is 2. The average Bonchev–Trinajstić information content (AvgIpc) is 3.03. The minimum atomic E-state index is -0.150. The molecular formula is C36H39N3O3. The van der Waals surface area contributed by atoms with Gasteiger partial charge in [0.05, 0.1) is 14.2 Å². The molecule has 0 aliphatic rings. The van der Waals surface area contributed by atoms with Crippen LogP contribution in [-0.2, 0) is 12.8 Å². The van der Waals surface area contributed by atoms with Crippen LogP contribution >= 0.6 is 0 Å². The molecule has 0 saturated carbocycles. The highest BCUT2D eigenvalue weighted by Crippen LogP contribution is 2.28. The normalized spacial score (nSPS) is 12.6. The molecule has 0 unspecified atom stereocenters. The number of nitrogens with one attached hydrogen (secondary N) is 3. The minimum absolute atomic E-state index is 0.146. The summed E-state index contributed by atoms with van der Waals surface area (Å²) in [6.07, 6.45) is 1.56. The molecule has 5 aromatic carbocycles. The van der Waals surface area contributed by atoms with E-state index in [0.29, 0.717) is 30.0 Å². The Bertz CT molecular complexity index is 1650.